The van der Waals surface area contributed by atoms with E-state index in [0.717, 1.165) is 12.8 Å². The Morgan fingerprint density at radius 1 is 1.47 bits per heavy atom. The van der Waals surface area contributed by atoms with Crippen molar-refractivity contribution in [3.63, 3.8) is 0 Å². The van der Waals surface area contributed by atoms with Crippen LogP contribution in [0.4, 0.5) is 0 Å². The van der Waals surface area contributed by atoms with Crippen LogP contribution in [-0.4, -0.2) is 17.0 Å². The molecule has 0 aromatic carbocycles. The lowest BCUT2D eigenvalue weighted by atomic mass is 10.0. The van der Waals surface area contributed by atoms with E-state index in [1.54, 1.807) is 6.92 Å². The second-order valence-corrected chi connectivity index (χ2v) is 4.86. The highest BCUT2D eigenvalue weighted by atomic mass is 16.4. The number of aryl methyl sites for hydroxylation is 1. The molecule has 5 nitrogen and oxygen atoms in total. The number of hydrogen-bond donors (Lipinski definition) is 2. The van der Waals surface area contributed by atoms with Crippen molar-refractivity contribution in [1.82, 2.24) is 5.32 Å². The van der Waals surface area contributed by atoms with E-state index < -0.39 is 5.97 Å². The lowest BCUT2D eigenvalue weighted by Gasteiger charge is -2.09. The maximum Gasteiger partial charge on any atom is 0.339 e. The molecule has 0 aliphatic carbocycles. The highest BCUT2D eigenvalue weighted by molar-refractivity contribution is 5.88. The Labute approximate surface area is 113 Å². The average Bonchev–Trinajstić information content (AvgIpc) is 2.68. The molecule has 5 heteroatoms. The van der Waals surface area contributed by atoms with E-state index in [1.165, 1.54) is 6.07 Å². The van der Waals surface area contributed by atoms with Crippen LogP contribution in [0.25, 0.3) is 0 Å². The molecule has 1 atom stereocenters. The molecular weight excluding hydrogens is 246 g/mol. The van der Waals surface area contributed by atoms with E-state index in [2.05, 4.69) is 12.2 Å². The topological polar surface area (TPSA) is 79.5 Å². The Hall–Kier alpha value is -1.78. The lowest BCUT2D eigenvalue weighted by Crippen LogP contribution is -2.24. The summed E-state index contributed by atoms with van der Waals surface area (Å²) in [4.78, 5) is 22.5. The molecule has 1 rings (SSSR count). The van der Waals surface area contributed by atoms with Crippen LogP contribution < -0.4 is 5.32 Å². The Bertz CT molecular complexity index is 450. The number of furan rings is 1. The molecule has 0 radical (unpaired) electrons. The molecule has 1 aromatic heterocycles. The number of carbonyl (C=O) groups excluding carboxylic acids is 1. The highest BCUT2D eigenvalue weighted by Gasteiger charge is 2.14. The SMILES string of the molecule is CCCC(C)CC(=O)NCc1cc(C(=O)O)c(C)o1. The maximum atomic E-state index is 11.7. The molecule has 1 heterocycles. The number of carbonyl (C=O) groups is 2. The minimum Gasteiger partial charge on any atom is -0.478 e. The van der Waals surface area contributed by atoms with Gasteiger partial charge in [-0.3, -0.25) is 4.79 Å². The van der Waals surface area contributed by atoms with E-state index in [-0.39, 0.29) is 18.0 Å². The van der Waals surface area contributed by atoms with Crippen LogP contribution in [0, 0.1) is 12.8 Å². The largest absolute Gasteiger partial charge is 0.478 e. The minimum atomic E-state index is -1.02. The zero-order chi connectivity index (χ0) is 14.4. The van der Waals surface area contributed by atoms with E-state index in [0.29, 0.717) is 23.9 Å². The van der Waals surface area contributed by atoms with Gasteiger partial charge in [-0.25, -0.2) is 4.79 Å². The number of nitrogens with one attached hydrogen (secondary N) is 1. The van der Waals surface area contributed by atoms with Gasteiger partial charge >= 0.3 is 5.97 Å². The first-order valence-corrected chi connectivity index (χ1v) is 6.53. The summed E-state index contributed by atoms with van der Waals surface area (Å²) in [7, 11) is 0. The second-order valence-electron chi connectivity index (χ2n) is 4.86. The van der Waals surface area contributed by atoms with Crippen molar-refractivity contribution >= 4 is 11.9 Å². The number of hydrogen-bond acceptors (Lipinski definition) is 3. The summed E-state index contributed by atoms with van der Waals surface area (Å²) in [5.74, 6) is 0.127. The molecule has 0 bridgehead atoms. The van der Waals surface area contributed by atoms with Gasteiger partial charge in [-0.15, -0.1) is 0 Å². The van der Waals surface area contributed by atoms with Crippen LogP contribution in [0.1, 0.15) is 55.0 Å². The number of amides is 1. The molecule has 106 valence electrons. The predicted octanol–water partition coefficient (Wildman–Crippen LogP) is 2.73. The summed E-state index contributed by atoms with van der Waals surface area (Å²) >= 11 is 0. The van der Waals surface area contributed by atoms with Crippen LogP contribution in [0.15, 0.2) is 10.5 Å². The molecule has 0 aliphatic rings. The fraction of sp³-hybridized carbons (Fsp3) is 0.571. The predicted molar refractivity (Wildman–Crippen MR) is 70.9 cm³/mol. The summed E-state index contributed by atoms with van der Waals surface area (Å²) in [6.45, 7) is 5.96. The van der Waals surface area contributed by atoms with E-state index in [4.69, 9.17) is 9.52 Å². The van der Waals surface area contributed by atoms with E-state index in [9.17, 15) is 9.59 Å². The van der Waals surface area contributed by atoms with Crippen molar-refractivity contribution < 1.29 is 19.1 Å². The molecule has 0 saturated heterocycles. The zero-order valence-electron chi connectivity index (χ0n) is 11.7. The van der Waals surface area contributed by atoms with Gasteiger partial charge in [0.1, 0.15) is 17.1 Å². The molecule has 1 unspecified atom stereocenters. The van der Waals surface area contributed by atoms with Gasteiger partial charge in [-0.1, -0.05) is 26.7 Å². The fourth-order valence-corrected chi connectivity index (χ4v) is 2.01. The third kappa shape index (κ3) is 4.77. The second kappa shape index (κ2) is 6.97. The normalized spacial score (nSPS) is 12.2. The van der Waals surface area contributed by atoms with Crippen molar-refractivity contribution in [1.29, 1.82) is 0 Å². The summed E-state index contributed by atoms with van der Waals surface area (Å²) in [6, 6.07) is 1.45. The van der Waals surface area contributed by atoms with Gasteiger partial charge in [-0.05, 0) is 18.9 Å². The molecule has 19 heavy (non-hydrogen) atoms. The third-order valence-electron chi connectivity index (χ3n) is 2.97. The minimum absolute atomic E-state index is 0.0353. The smallest absolute Gasteiger partial charge is 0.339 e. The molecule has 0 fully saturated rings. The first-order valence-electron chi connectivity index (χ1n) is 6.53. The average molecular weight is 267 g/mol. The van der Waals surface area contributed by atoms with Crippen molar-refractivity contribution in [2.24, 2.45) is 5.92 Å². The van der Waals surface area contributed by atoms with Crippen LogP contribution >= 0.6 is 0 Å². The van der Waals surface area contributed by atoms with Gasteiger partial charge in [0.15, 0.2) is 0 Å². The standard InChI is InChI=1S/C14H21NO4/c1-4-5-9(2)6-13(16)15-8-11-7-12(14(17)18)10(3)19-11/h7,9H,4-6,8H2,1-3H3,(H,15,16)(H,17,18). The van der Waals surface area contributed by atoms with Crippen LogP contribution in [0.3, 0.4) is 0 Å². The summed E-state index contributed by atoms with van der Waals surface area (Å²) in [5.41, 5.74) is 0.142. The molecule has 0 saturated carbocycles. The monoisotopic (exact) mass is 267 g/mol. The number of carboxylic acids is 1. The van der Waals surface area contributed by atoms with Crippen LogP contribution in [0.2, 0.25) is 0 Å². The van der Waals surface area contributed by atoms with Gasteiger partial charge in [0.05, 0.1) is 6.54 Å². The fourth-order valence-electron chi connectivity index (χ4n) is 2.01. The number of carboxylic acid groups (broad SMARTS) is 1. The molecule has 0 aliphatic heterocycles. The van der Waals surface area contributed by atoms with Gasteiger partial charge in [0, 0.05) is 6.42 Å². The molecular formula is C14H21NO4. The highest BCUT2D eigenvalue weighted by Crippen LogP contribution is 2.15. The first-order chi connectivity index (χ1) is 8.93. The number of rotatable bonds is 7. The Balaban J connectivity index is 2.46. The van der Waals surface area contributed by atoms with Gasteiger partial charge in [0.25, 0.3) is 0 Å². The Morgan fingerprint density at radius 2 is 2.16 bits per heavy atom. The summed E-state index contributed by atoms with van der Waals surface area (Å²) in [5, 5.41) is 11.6. The van der Waals surface area contributed by atoms with Gasteiger partial charge in [-0.2, -0.15) is 0 Å². The van der Waals surface area contributed by atoms with E-state index in [1.807, 2.05) is 6.92 Å². The van der Waals surface area contributed by atoms with Crippen LogP contribution in [0.5, 0.6) is 0 Å². The lowest BCUT2D eigenvalue weighted by molar-refractivity contribution is -0.122. The number of aromatic carboxylic acids is 1. The Morgan fingerprint density at radius 3 is 2.68 bits per heavy atom. The summed E-state index contributed by atoms with van der Waals surface area (Å²) in [6.07, 6.45) is 2.57. The van der Waals surface area contributed by atoms with Crippen LogP contribution in [-0.2, 0) is 11.3 Å². The van der Waals surface area contributed by atoms with E-state index >= 15 is 0 Å². The third-order valence-corrected chi connectivity index (χ3v) is 2.97. The van der Waals surface area contributed by atoms with Gasteiger partial charge < -0.3 is 14.8 Å². The molecule has 0 spiro atoms. The molecule has 2 N–H and O–H groups in total. The summed E-state index contributed by atoms with van der Waals surface area (Å²) < 4.78 is 5.28. The van der Waals surface area contributed by atoms with Crippen molar-refractivity contribution in [3.8, 4) is 0 Å². The van der Waals surface area contributed by atoms with Crippen molar-refractivity contribution in [3.05, 3.63) is 23.2 Å². The Kier molecular flexibility index (Phi) is 5.60. The zero-order valence-corrected chi connectivity index (χ0v) is 11.7. The quantitative estimate of drug-likeness (QED) is 0.796. The van der Waals surface area contributed by atoms with Crippen molar-refractivity contribution in [2.75, 3.05) is 0 Å². The first kappa shape index (κ1) is 15.3. The molecule has 1 aromatic rings. The van der Waals surface area contributed by atoms with Gasteiger partial charge in [0.2, 0.25) is 5.91 Å². The maximum absolute atomic E-state index is 11.7. The molecule has 1 amide bonds. The van der Waals surface area contributed by atoms with Crippen molar-refractivity contribution in [2.45, 2.75) is 46.6 Å².